The van der Waals surface area contributed by atoms with Crippen LogP contribution >= 0.6 is 0 Å². The lowest BCUT2D eigenvalue weighted by Crippen LogP contribution is -2.40. The fourth-order valence-electron chi connectivity index (χ4n) is 5.42. The van der Waals surface area contributed by atoms with Crippen molar-refractivity contribution in [2.75, 3.05) is 18.5 Å². The second kappa shape index (κ2) is 9.00. The highest BCUT2D eigenvalue weighted by Crippen LogP contribution is 2.33. The monoisotopic (exact) mass is 444 g/mol. The van der Waals surface area contributed by atoms with Gasteiger partial charge in [-0.05, 0) is 49.6 Å². The van der Waals surface area contributed by atoms with E-state index in [0.29, 0.717) is 19.0 Å². The van der Waals surface area contributed by atoms with Gasteiger partial charge in [-0.1, -0.05) is 43.5 Å². The maximum atomic E-state index is 13.3. The summed E-state index contributed by atoms with van der Waals surface area (Å²) < 4.78 is 2.05. The molecule has 1 atom stereocenters. The van der Waals surface area contributed by atoms with Gasteiger partial charge in [-0.3, -0.25) is 9.59 Å². The van der Waals surface area contributed by atoms with Crippen LogP contribution < -0.4 is 4.90 Å². The van der Waals surface area contributed by atoms with Crippen molar-refractivity contribution in [1.82, 2.24) is 14.5 Å². The molecule has 2 heterocycles. The van der Waals surface area contributed by atoms with Crippen LogP contribution in [0.4, 0.5) is 5.69 Å². The lowest BCUT2D eigenvalue weighted by molar-refractivity contribution is -0.133. The average molecular weight is 445 g/mol. The Bertz CT molecular complexity index is 1180. The minimum Gasteiger partial charge on any atom is -0.341 e. The average Bonchev–Trinajstić information content (AvgIpc) is 3.39. The van der Waals surface area contributed by atoms with Gasteiger partial charge < -0.3 is 14.4 Å². The molecule has 6 nitrogen and oxygen atoms in total. The highest BCUT2D eigenvalue weighted by Gasteiger charge is 2.35. The molecule has 1 saturated carbocycles. The summed E-state index contributed by atoms with van der Waals surface area (Å²) >= 11 is 0. The zero-order valence-corrected chi connectivity index (χ0v) is 19.5. The number of aromatic nitrogens is 2. The van der Waals surface area contributed by atoms with Gasteiger partial charge in [-0.15, -0.1) is 0 Å². The number of amides is 2. The fraction of sp³-hybridized carbons (Fsp3) is 0.444. The Hall–Kier alpha value is -3.15. The third kappa shape index (κ3) is 4.26. The highest BCUT2D eigenvalue weighted by molar-refractivity contribution is 5.96. The van der Waals surface area contributed by atoms with Crippen molar-refractivity contribution in [3.63, 3.8) is 0 Å². The highest BCUT2D eigenvalue weighted by atomic mass is 16.2. The van der Waals surface area contributed by atoms with E-state index < -0.39 is 0 Å². The first-order valence-corrected chi connectivity index (χ1v) is 12.1. The summed E-state index contributed by atoms with van der Waals surface area (Å²) in [6, 6.07) is 16.3. The van der Waals surface area contributed by atoms with E-state index in [0.717, 1.165) is 41.0 Å². The zero-order valence-electron chi connectivity index (χ0n) is 19.5. The number of nitrogens with zero attached hydrogens (tertiary/aromatic N) is 4. The molecule has 33 heavy (non-hydrogen) atoms. The fourth-order valence-corrected chi connectivity index (χ4v) is 5.42. The number of fused-ring (bicyclic) bond motifs is 1. The lowest BCUT2D eigenvalue weighted by Gasteiger charge is -2.31. The number of hydrogen-bond acceptors (Lipinski definition) is 3. The van der Waals surface area contributed by atoms with Crippen molar-refractivity contribution >= 4 is 28.5 Å². The van der Waals surface area contributed by atoms with Gasteiger partial charge in [-0.25, -0.2) is 4.98 Å². The van der Waals surface area contributed by atoms with Crippen molar-refractivity contribution in [3.05, 3.63) is 59.9 Å². The van der Waals surface area contributed by atoms with E-state index in [9.17, 15) is 9.59 Å². The second-order valence-corrected chi connectivity index (χ2v) is 9.59. The van der Waals surface area contributed by atoms with Crippen LogP contribution in [0.2, 0.25) is 0 Å². The van der Waals surface area contributed by atoms with Crippen LogP contribution in [0.25, 0.3) is 11.0 Å². The van der Waals surface area contributed by atoms with Gasteiger partial charge in [0.1, 0.15) is 12.4 Å². The molecule has 1 aliphatic carbocycles. The Labute approximate surface area is 195 Å². The molecule has 0 bridgehead atoms. The molecule has 2 aromatic carbocycles. The first kappa shape index (κ1) is 21.7. The molecule has 2 amide bonds. The normalized spacial score (nSPS) is 19.4. The number of anilines is 1. The summed E-state index contributed by atoms with van der Waals surface area (Å²) in [6.07, 6.45) is 6.23. The molecule has 1 aromatic heterocycles. The number of hydrogen-bond donors (Lipinski definition) is 0. The smallest absolute Gasteiger partial charge is 0.242 e. The molecule has 1 aliphatic heterocycles. The van der Waals surface area contributed by atoms with Crippen LogP contribution in [-0.4, -0.2) is 45.9 Å². The predicted octanol–water partition coefficient (Wildman–Crippen LogP) is 4.66. The van der Waals surface area contributed by atoms with E-state index in [-0.39, 0.29) is 24.3 Å². The number of para-hydroxylation sites is 2. The maximum absolute atomic E-state index is 13.3. The van der Waals surface area contributed by atoms with E-state index in [1.54, 1.807) is 0 Å². The van der Waals surface area contributed by atoms with Crippen molar-refractivity contribution in [1.29, 1.82) is 0 Å². The van der Waals surface area contributed by atoms with E-state index in [1.165, 1.54) is 19.3 Å². The van der Waals surface area contributed by atoms with Gasteiger partial charge in [-0.2, -0.15) is 0 Å². The Morgan fingerprint density at radius 2 is 1.88 bits per heavy atom. The molecule has 0 radical (unpaired) electrons. The molecular weight excluding hydrogens is 412 g/mol. The number of carbonyl (C=O) groups excluding carboxylic acids is 2. The Morgan fingerprint density at radius 3 is 2.67 bits per heavy atom. The van der Waals surface area contributed by atoms with Crippen molar-refractivity contribution < 1.29 is 9.59 Å². The first-order chi connectivity index (χ1) is 16.0. The van der Waals surface area contributed by atoms with Gasteiger partial charge in [0.15, 0.2) is 0 Å². The summed E-state index contributed by atoms with van der Waals surface area (Å²) in [5, 5.41) is 0. The molecule has 5 rings (SSSR count). The van der Waals surface area contributed by atoms with Crippen LogP contribution in [-0.2, 0) is 16.1 Å². The van der Waals surface area contributed by atoms with Crippen molar-refractivity contribution in [2.24, 2.45) is 0 Å². The van der Waals surface area contributed by atoms with Crippen LogP contribution in [0.5, 0.6) is 0 Å². The van der Waals surface area contributed by atoms with E-state index >= 15 is 0 Å². The summed E-state index contributed by atoms with van der Waals surface area (Å²) in [6.45, 7) is 2.88. The maximum Gasteiger partial charge on any atom is 0.242 e. The molecule has 172 valence electrons. The number of imidazole rings is 1. The predicted molar refractivity (Wildman–Crippen MR) is 130 cm³/mol. The third-order valence-electron chi connectivity index (χ3n) is 7.30. The number of aryl methyl sites for hydroxylation is 1. The summed E-state index contributed by atoms with van der Waals surface area (Å²) in [5.74, 6) is 1.02. The number of rotatable bonds is 5. The molecule has 3 aromatic rings. The van der Waals surface area contributed by atoms with Crippen molar-refractivity contribution in [2.45, 2.75) is 64.0 Å². The number of likely N-dealkylation sites (N-methyl/N-ethyl adjacent to an activating group) is 1. The third-order valence-corrected chi connectivity index (χ3v) is 7.30. The second-order valence-electron chi connectivity index (χ2n) is 9.59. The van der Waals surface area contributed by atoms with Gasteiger partial charge >= 0.3 is 0 Å². The quantitative estimate of drug-likeness (QED) is 0.575. The van der Waals surface area contributed by atoms with Crippen LogP contribution in [0, 0.1) is 6.92 Å². The van der Waals surface area contributed by atoms with Gasteiger partial charge in [0.2, 0.25) is 11.8 Å². The SMILES string of the molecule is Cc1cccc(N2CC(c3nc4ccccc4n3CC(=O)N(C)C3CCCCC3)CC2=O)c1. The largest absolute Gasteiger partial charge is 0.341 e. The molecule has 6 heteroatoms. The summed E-state index contributed by atoms with van der Waals surface area (Å²) in [4.78, 5) is 35.0. The molecule has 0 spiro atoms. The first-order valence-electron chi connectivity index (χ1n) is 12.1. The number of benzene rings is 2. The lowest BCUT2D eigenvalue weighted by atomic mass is 9.94. The van der Waals surface area contributed by atoms with Gasteiger partial charge in [0.05, 0.1) is 11.0 Å². The van der Waals surface area contributed by atoms with E-state index in [2.05, 4.69) is 4.57 Å². The zero-order chi connectivity index (χ0) is 22.9. The Morgan fingerprint density at radius 1 is 1.09 bits per heavy atom. The summed E-state index contributed by atoms with van der Waals surface area (Å²) in [7, 11) is 1.94. The minimum atomic E-state index is -0.0433. The van der Waals surface area contributed by atoms with Gasteiger partial charge in [0.25, 0.3) is 0 Å². The van der Waals surface area contributed by atoms with Crippen LogP contribution in [0.1, 0.15) is 55.8 Å². The Balaban J connectivity index is 1.43. The standard InChI is InChI=1S/C27H32N4O2/c1-19-9-8-12-22(15-19)30-17-20(16-25(30)32)27-28-23-13-6-7-14-24(23)31(27)18-26(33)29(2)21-10-4-3-5-11-21/h6-9,12-15,20-21H,3-5,10-11,16-18H2,1-2H3. The van der Waals surface area contributed by atoms with E-state index in [1.807, 2.05) is 72.3 Å². The molecule has 1 saturated heterocycles. The molecule has 2 aliphatic rings. The molecule has 1 unspecified atom stereocenters. The topological polar surface area (TPSA) is 58.4 Å². The Kier molecular flexibility index (Phi) is 5.92. The molecule has 0 N–H and O–H groups in total. The van der Waals surface area contributed by atoms with Gasteiger partial charge in [0, 0.05) is 37.7 Å². The molecule has 2 fully saturated rings. The van der Waals surface area contributed by atoms with Crippen LogP contribution in [0.15, 0.2) is 48.5 Å². The minimum absolute atomic E-state index is 0.0433. The van der Waals surface area contributed by atoms with Crippen LogP contribution in [0.3, 0.4) is 0 Å². The summed E-state index contributed by atoms with van der Waals surface area (Å²) in [5.41, 5.74) is 3.90. The van der Waals surface area contributed by atoms with E-state index in [4.69, 9.17) is 4.98 Å². The van der Waals surface area contributed by atoms with Crippen molar-refractivity contribution in [3.8, 4) is 0 Å². The number of carbonyl (C=O) groups is 2. The molecular formula is C27H32N4O2.